The highest BCUT2D eigenvalue weighted by molar-refractivity contribution is 5.50. The van der Waals surface area contributed by atoms with E-state index in [4.69, 9.17) is 0 Å². The Morgan fingerprint density at radius 3 is 3.00 bits per heavy atom. The van der Waals surface area contributed by atoms with Crippen molar-refractivity contribution in [2.24, 2.45) is 0 Å². The molecule has 1 fully saturated rings. The van der Waals surface area contributed by atoms with Gasteiger partial charge in [-0.3, -0.25) is 4.79 Å². The minimum Gasteiger partial charge on any atom is -0.373 e. The predicted octanol–water partition coefficient (Wildman–Crippen LogP) is 1.18. The van der Waals surface area contributed by atoms with Crippen LogP contribution in [-0.2, 0) is 6.54 Å². The minimum atomic E-state index is -0.0796. The largest absolute Gasteiger partial charge is 0.373 e. The zero-order chi connectivity index (χ0) is 16.9. The summed E-state index contributed by atoms with van der Waals surface area (Å²) in [6, 6.07) is 2.23. The average Bonchev–Trinajstić information content (AvgIpc) is 3.09. The number of nitrogens with zero attached hydrogens (tertiary/aromatic N) is 5. The van der Waals surface area contributed by atoms with Crippen LogP contribution in [0.3, 0.4) is 0 Å². The fourth-order valence-electron chi connectivity index (χ4n) is 3.02. The second-order valence-electron chi connectivity index (χ2n) is 5.75. The lowest BCUT2D eigenvalue weighted by Gasteiger charge is -2.26. The lowest BCUT2D eigenvalue weighted by molar-refractivity contribution is 0.680. The van der Waals surface area contributed by atoms with Crippen LogP contribution in [-0.4, -0.2) is 45.7 Å². The Morgan fingerprint density at radius 1 is 1.33 bits per heavy atom. The molecular formula is C16H23N7O. The van der Waals surface area contributed by atoms with E-state index < -0.39 is 0 Å². The molecule has 3 rings (SSSR count). The highest BCUT2D eigenvalue weighted by atomic mass is 16.1. The summed E-state index contributed by atoms with van der Waals surface area (Å²) in [4.78, 5) is 27.2. The molecule has 2 N–H and O–H groups in total. The lowest BCUT2D eigenvalue weighted by Crippen LogP contribution is -2.37. The number of rotatable bonds is 6. The van der Waals surface area contributed by atoms with Crippen molar-refractivity contribution < 1.29 is 0 Å². The average molecular weight is 329 g/mol. The molecule has 0 aliphatic carbocycles. The lowest BCUT2D eigenvalue weighted by atomic mass is 10.2. The number of anilines is 3. The summed E-state index contributed by atoms with van der Waals surface area (Å²) in [5.74, 6) is 2.12. The molecule has 0 radical (unpaired) electrons. The quantitative estimate of drug-likeness (QED) is 0.822. The van der Waals surface area contributed by atoms with Gasteiger partial charge in [0, 0.05) is 51.2 Å². The summed E-state index contributed by atoms with van der Waals surface area (Å²) < 4.78 is 1.64. The SMILES string of the molecule is CCn1ccnc(NCC2CCCN2c2cc(NC)ncn2)c1=O. The molecule has 1 atom stereocenters. The first-order valence-corrected chi connectivity index (χ1v) is 8.28. The number of hydrogen-bond acceptors (Lipinski definition) is 7. The van der Waals surface area contributed by atoms with E-state index in [0.29, 0.717) is 18.9 Å². The van der Waals surface area contributed by atoms with Gasteiger partial charge in [0.15, 0.2) is 5.82 Å². The van der Waals surface area contributed by atoms with Crippen molar-refractivity contribution >= 4 is 17.5 Å². The van der Waals surface area contributed by atoms with Gasteiger partial charge in [0.25, 0.3) is 5.56 Å². The van der Waals surface area contributed by atoms with Crippen LogP contribution in [0.15, 0.2) is 29.6 Å². The molecule has 0 amide bonds. The fraction of sp³-hybridized carbons (Fsp3) is 0.500. The summed E-state index contributed by atoms with van der Waals surface area (Å²) in [5.41, 5.74) is -0.0796. The van der Waals surface area contributed by atoms with Crippen LogP contribution in [0, 0.1) is 0 Å². The van der Waals surface area contributed by atoms with Crippen molar-refractivity contribution in [2.45, 2.75) is 32.4 Å². The maximum atomic E-state index is 12.2. The highest BCUT2D eigenvalue weighted by Gasteiger charge is 2.26. The molecule has 0 spiro atoms. The van der Waals surface area contributed by atoms with E-state index in [1.807, 2.05) is 20.0 Å². The van der Waals surface area contributed by atoms with Crippen LogP contribution in [0.5, 0.6) is 0 Å². The van der Waals surface area contributed by atoms with Crippen LogP contribution in [0.4, 0.5) is 17.5 Å². The minimum absolute atomic E-state index is 0.0796. The van der Waals surface area contributed by atoms with Crippen molar-refractivity contribution in [2.75, 3.05) is 35.7 Å². The molecule has 2 aromatic heterocycles. The molecule has 8 nitrogen and oxygen atoms in total. The third-order valence-electron chi connectivity index (χ3n) is 4.34. The van der Waals surface area contributed by atoms with Crippen molar-refractivity contribution in [3.8, 4) is 0 Å². The summed E-state index contributed by atoms with van der Waals surface area (Å²) >= 11 is 0. The molecule has 0 aromatic carbocycles. The first kappa shape index (κ1) is 16.2. The smallest absolute Gasteiger partial charge is 0.293 e. The fourth-order valence-corrected chi connectivity index (χ4v) is 3.02. The topological polar surface area (TPSA) is 88.0 Å². The Hall–Kier alpha value is -2.64. The molecule has 0 saturated carbocycles. The molecule has 8 heteroatoms. The van der Waals surface area contributed by atoms with Gasteiger partial charge < -0.3 is 20.1 Å². The Bertz CT molecular complexity index is 745. The van der Waals surface area contributed by atoms with Gasteiger partial charge in [0.2, 0.25) is 0 Å². The van der Waals surface area contributed by atoms with E-state index in [-0.39, 0.29) is 11.6 Å². The molecule has 3 heterocycles. The molecule has 128 valence electrons. The Balaban J connectivity index is 1.71. The third-order valence-corrected chi connectivity index (χ3v) is 4.34. The Labute approximate surface area is 141 Å². The van der Waals surface area contributed by atoms with E-state index in [9.17, 15) is 4.79 Å². The summed E-state index contributed by atoms with van der Waals surface area (Å²) in [6.07, 6.45) is 7.09. The first-order chi connectivity index (χ1) is 11.7. The van der Waals surface area contributed by atoms with Gasteiger partial charge in [-0.25, -0.2) is 15.0 Å². The van der Waals surface area contributed by atoms with Crippen molar-refractivity contribution in [3.63, 3.8) is 0 Å². The molecule has 1 aliphatic heterocycles. The molecule has 24 heavy (non-hydrogen) atoms. The van der Waals surface area contributed by atoms with Crippen LogP contribution >= 0.6 is 0 Å². The monoisotopic (exact) mass is 329 g/mol. The second-order valence-corrected chi connectivity index (χ2v) is 5.75. The van der Waals surface area contributed by atoms with Crippen LogP contribution in [0.1, 0.15) is 19.8 Å². The van der Waals surface area contributed by atoms with Crippen molar-refractivity contribution in [1.82, 2.24) is 19.5 Å². The molecule has 1 saturated heterocycles. The van der Waals surface area contributed by atoms with Gasteiger partial charge in [-0.05, 0) is 19.8 Å². The zero-order valence-corrected chi connectivity index (χ0v) is 14.1. The van der Waals surface area contributed by atoms with Crippen LogP contribution in [0.2, 0.25) is 0 Å². The zero-order valence-electron chi connectivity index (χ0n) is 14.1. The van der Waals surface area contributed by atoms with E-state index in [1.165, 1.54) is 0 Å². The molecule has 1 aliphatic rings. The van der Waals surface area contributed by atoms with E-state index in [0.717, 1.165) is 31.0 Å². The third kappa shape index (κ3) is 3.32. The van der Waals surface area contributed by atoms with Crippen molar-refractivity contribution in [1.29, 1.82) is 0 Å². The molecule has 1 unspecified atom stereocenters. The molecular weight excluding hydrogens is 306 g/mol. The Kier molecular flexibility index (Phi) is 4.93. The second kappa shape index (κ2) is 7.29. The molecule has 0 bridgehead atoms. The van der Waals surface area contributed by atoms with Gasteiger partial charge in [-0.2, -0.15) is 0 Å². The van der Waals surface area contributed by atoms with E-state index in [1.54, 1.807) is 23.3 Å². The maximum Gasteiger partial charge on any atom is 0.293 e. The number of aryl methyl sites for hydroxylation is 1. The van der Waals surface area contributed by atoms with Crippen LogP contribution in [0.25, 0.3) is 0 Å². The summed E-state index contributed by atoms with van der Waals surface area (Å²) in [7, 11) is 1.84. The maximum absolute atomic E-state index is 12.2. The van der Waals surface area contributed by atoms with Crippen LogP contribution < -0.4 is 21.1 Å². The summed E-state index contributed by atoms with van der Waals surface area (Å²) in [6.45, 7) is 4.19. The number of hydrogen-bond donors (Lipinski definition) is 2. The van der Waals surface area contributed by atoms with Crippen molar-refractivity contribution in [3.05, 3.63) is 35.1 Å². The number of nitrogens with one attached hydrogen (secondary N) is 2. The molecule has 2 aromatic rings. The van der Waals surface area contributed by atoms with Gasteiger partial charge in [-0.15, -0.1) is 0 Å². The van der Waals surface area contributed by atoms with Gasteiger partial charge >= 0.3 is 0 Å². The van der Waals surface area contributed by atoms with E-state index >= 15 is 0 Å². The van der Waals surface area contributed by atoms with Gasteiger partial charge in [0.05, 0.1) is 0 Å². The normalized spacial score (nSPS) is 17.1. The highest BCUT2D eigenvalue weighted by Crippen LogP contribution is 2.24. The standard InChI is InChI=1S/C16H23N7O/c1-3-22-8-6-18-15(16(22)24)19-10-12-5-4-7-23(12)14-9-13(17-2)20-11-21-14/h6,8-9,11-12H,3-5,7,10H2,1-2H3,(H,18,19)(H,17,20,21). The summed E-state index contributed by atoms with van der Waals surface area (Å²) in [5, 5.41) is 6.25. The van der Waals surface area contributed by atoms with E-state index in [2.05, 4.69) is 30.5 Å². The van der Waals surface area contributed by atoms with Gasteiger partial charge in [0.1, 0.15) is 18.0 Å². The first-order valence-electron chi connectivity index (χ1n) is 8.28. The predicted molar refractivity (Wildman–Crippen MR) is 94.6 cm³/mol. The Morgan fingerprint density at radius 2 is 2.21 bits per heavy atom. The van der Waals surface area contributed by atoms with Gasteiger partial charge in [-0.1, -0.05) is 0 Å². The number of aromatic nitrogens is 4.